The summed E-state index contributed by atoms with van der Waals surface area (Å²) >= 11 is 0. The first-order chi connectivity index (χ1) is 5.81. The first-order valence-corrected chi connectivity index (χ1v) is 4.94. The molecule has 1 atom stereocenters. The molecule has 3 heteroatoms. The number of rotatable bonds is 8. The summed E-state index contributed by atoms with van der Waals surface area (Å²) in [5.41, 5.74) is 10.8. The Morgan fingerprint density at radius 1 is 1.08 bits per heavy atom. The van der Waals surface area contributed by atoms with Crippen LogP contribution >= 0.6 is 0 Å². The van der Waals surface area contributed by atoms with Gasteiger partial charge in [0, 0.05) is 12.6 Å². The van der Waals surface area contributed by atoms with Gasteiger partial charge in [-0.15, -0.1) is 0 Å². The fourth-order valence-electron chi connectivity index (χ4n) is 1.05. The van der Waals surface area contributed by atoms with Crippen molar-refractivity contribution in [3.63, 3.8) is 0 Å². The Hall–Kier alpha value is -0.120. The zero-order valence-corrected chi connectivity index (χ0v) is 8.18. The second-order valence-electron chi connectivity index (χ2n) is 3.29. The molecule has 3 nitrogen and oxygen atoms in total. The average molecular weight is 173 g/mol. The van der Waals surface area contributed by atoms with E-state index in [9.17, 15) is 0 Å². The van der Waals surface area contributed by atoms with Crippen molar-refractivity contribution < 1.29 is 0 Å². The Morgan fingerprint density at radius 3 is 2.33 bits per heavy atom. The van der Waals surface area contributed by atoms with E-state index in [0.717, 1.165) is 26.1 Å². The van der Waals surface area contributed by atoms with E-state index in [-0.39, 0.29) is 0 Å². The van der Waals surface area contributed by atoms with Crippen molar-refractivity contribution >= 4 is 0 Å². The molecule has 0 bridgehead atoms. The molecule has 0 aliphatic rings. The number of nitrogens with two attached hydrogens (primary N) is 2. The smallest absolute Gasteiger partial charge is 0.0161 e. The van der Waals surface area contributed by atoms with Gasteiger partial charge in [0.15, 0.2) is 0 Å². The lowest BCUT2D eigenvalue weighted by Gasteiger charge is -2.10. The highest BCUT2D eigenvalue weighted by Crippen LogP contribution is 1.97. The SMILES string of the molecule is CC(CN)NCCCCCCN. The summed E-state index contributed by atoms with van der Waals surface area (Å²) in [5, 5.41) is 3.35. The van der Waals surface area contributed by atoms with Crippen LogP contribution < -0.4 is 16.8 Å². The van der Waals surface area contributed by atoms with Crippen LogP contribution in [0.25, 0.3) is 0 Å². The van der Waals surface area contributed by atoms with Crippen molar-refractivity contribution in [2.75, 3.05) is 19.6 Å². The zero-order chi connectivity index (χ0) is 9.23. The van der Waals surface area contributed by atoms with Gasteiger partial charge >= 0.3 is 0 Å². The Balaban J connectivity index is 2.90. The molecule has 0 rings (SSSR count). The summed E-state index contributed by atoms with van der Waals surface area (Å²) in [5.74, 6) is 0. The molecule has 12 heavy (non-hydrogen) atoms. The minimum Gasteiger partial charge on any atom is -0.330 e. The minimum atomic E-state index is 0.458. The van der Waals surface area contributed by atoms with Crippen LogP contribution in [-0.4, -0.2) is 25.7 Å². The van der Waals surface area contributed by atoms with Crippen molar-refractivity contribution in [1.29, 1.82) is 0 Å². The fraction of sp³-hybridized carbons (Fsp3) is 1.00. The van der Waals surface area contributed by atoms with E-state index < -0.39 is 0 Å². The van der Waals surface area contributed by atoms with Crippen LogP contribution in [0.15, 0.2) is 0 Å². The largest absolute Gasteiger partial charge is 0.330 e. The van der Waals surface area contributed by atoms with Crippen LogP contribution in [0.4, 0.5) is 0 Å². The quantitative estimate of drug-likeness (QED) is 0.467. The molecule has 0 aliphatic carbocycles. The highest BCUT2D eigenvalue weighted by molar-refractivity contribution is 4.59. The molecule has 0 saturated carbocycles. The van der Waals surface area contributed by atoms with Crippen LogP contribution in [-0.2, 0) is 0 Å². The van der Waals surface area contributed by atoms with Crippen LogP contribution in [0.3, 0.4) is 0 Å². The molecule has 0 amide bonds. The van der Waals surface area contributed by atoms with Gasteiger partial charge in [-0.05, 0) is 32.9 Å². The lowest BCUT2D eigenvalue weighted by molar-refractivity contribution is 0.524. The van der Waals surface area contributed by atoms with Gasteiger partial charge in [0.25, 0.3) is 0 Å². The number of unbranched alkanes of at least 4 members (excludes halogenated alkanes) is 3. The van der Waals surface area contributed by atoms with E-state index >= 15 is 0 Å². The first-order valence-electron chi connectivity index (χ1n) is 4.94. The third kappa shape index (κ3) is 7.98. The van der Waals surface area contributed by atoms with Crippen molar-refractivity contribution in [3.05, 3.63) is 0 Å². The Kier molecular flexibility index (Phi) is 8.88. The summed E-state index contributed by atoms with van der Waals surface area (Å²) < 4.78 is 0. The number of hydrogen-bond acceptors (Lipinski definition) is 3. The third-order valence-corrected chi connectivity index (χ3v) is 1.98. The summed E-state index contributed by atoms with van der Waals surface area (Å²) in [4.78, 5) is 0. The van der Waals surface area contributed by atoms with E-state index in [1.807, 2.05) is 0 Å². The molecule has 5 N–H and O–H groups in total. The minimum absolute atomic E-state index is 0.458. The maximum absolute atomic E-state index is 5.46. The zero-order valence-electron chi connectivity index (χ0n) is 8.18. The monoisotopic (exact) mass is 173 g/mol. The second kappa shape index (κ2) is 8.97. The van der Waals surface area contributed by atoms with E-state index in [4.69, 9.17) is 11.5 Å². The standard InChI is InChI=1S/C9H23N3/c1-9(8-11)12-7-5-3-2-4-6-10/h9,12H,2-8,10-11H2,1H3. The van der Waals surface area contributed by atoms with E-state index in [2.05, 4.69) is 12.2 Å². The van der Waals surface area contributed by atoms with Crippen LogP contribution in [0.1, 0.15) is 32.6 Å². The highest BCUT2D eigenvalue weighted by atomic mass is 14.9. The van der Waals surface area contributed by atoms with Crippen molar-refractivity contribution in [2.45, 2.75) is 38.6 Å². The first kappa shape index (κ1) is 11.9. The normalized spacial score (nSPS) is 13.2. The van der Waals surface area contributed by atoms with E-state index in [1.54, 1.807) is 0 Å². The Labute approximate surface area is 75.9 Å². The average Bonchev–Trinajstić information content (AvgIpc) is 2.10. The van der Waals surface area contributed by atoms with Gasteiger partial charge < -0.3 is 16.8 Å². The molecule has 0 spiro atoms. The van der Waals surface area contributed by atoms with E-state index in [0.29, 0.717) is 6.04 Å². The summed E-state index contributed by atoms with van der Waals surface area (Å²) in [6, 6.07) is 0.458. The summed E-state index contributed by atoms with van der Waals surface area (Å²) in [6.45, 7) is 4.75. The van der Waals surface area contributed by atoms with Gasteiger partial charge in [-0.2, -0.15) is 0 Å². The maximum Gasteiger partial charge on any atom is 0.0161 e. The molecule has 0 aliphatic heterocycles. The summed E-state index contributed by atoms with van der Waals surface area (Å²) in [6.07, 6.45) is 4.94. The molecule has 0 aromatic heterocycles. The maximum atomic E-state index is 5.46. The van der Waals surface area contributed by atoms with E-state index in [1.165, 1.54) is 19.3 Å². The number of hydrogen-bond donors (Lipinski definition) is 3. The number of nitrogens with one attached hydrogen (secondary N) is 1. The topological polar surface area (TPSA) is 64.1 Å². The van der Waals surface area contributed by atoms with Gasteiger partial charge in [0.1, 0.15) is 0 Å². The molecule has 0 saturated heterocycles. The molecule has 74 valence electrons. The molecule has 1 unspecified atom stereocenters. The van der Waals surface area contributed by atoms with Gasteiger partial charge in [0.05, 0.1) is 0 Å². The molecule has 0 radical (unpaired) electrons. The van der Waals surface area contributed by atoms with Crippen molar-refractivity contribution in [1.82, 2.24) is 5.32 Å². The van der Waals surface area contributed by atoms with Crippen LogP contribution in [0.5, 0.6) is 0 Å². The predicted octanol–water partition coefficient (Wildman–Crippen LogP) is 0.442. The van der Waals surface area contributed by atoms with Crippen LogP contribution in [0.2, 0.25) is 0 Å². The predicted molar refractivity (Wildman–Crippen MR) is 54.0 cm³/mol. The molecular weight excluding hydrogens is 150 g/mol. The van der Waals surface area contributed by atoms with Gasteiger partial charge in [0.2, 0.25) is 0 Å². The lowest BCUT2D eigenvalue weighted by Crippen LogP contribution is -2.33. The third-order valence-electron chi connectivity index (χ3n) is 1.98. The highest BCUT2D eigenvalue weighted by Gasteiger charge is 1.95. The van der Waals surface area contributed by atoms with Gasteiger partial charge in [-0.3, -0.25) is 0 Å². The van der Waals surface area contributed by atoms with Crippen LogP contribution in [0, 0.1) is 0 Å². The Morgan fingerprint density at radius 2 is 1.75 bits per heavy atom. The fourth-order valence-corrected chi connectivity index (χ4v) is 1.05. The van der Waals surface area contributed by atoms with Crippen molar-refractivity contribution in [2.24, 2.45) is 11.5 Å². The molecule has 0 heterocycles. The molecule has 0 aromatic rings. The van der Waals surface area contributed by atoms with Gasteiger partial charge in [-0.1, -0.05) is 12.8 Å². The second-order valence-corrected chi connectivity index (χ2v) is 3.29. The molecular formula is C9H23N3. The van der Waals surface area contributed by atoms with Crippen molar-refractivity contribution in [3.8, 4) is 0 Å². The molecule has 0 fully saturated rings. The summed E-state index contributed by atoms with van der Waals surface area (Å²) in [7, 11) is 0. The Bertz CT molecular complexity index is 85.8. The van der Waals surface area contributed by atoms with Gasteiger partial charge in [-0.25, -0.2) is 0 Å². The molecule has 0 aromatic carbocycles. The lowest BCUT2D eigenvalue weighted by atomic mass is 10.2.